The summed E-state index contributed by atoms with van der Waals surface area (Å²) in [5.74, 6) is -2.69. The molecule has 1 unspecified atom stereocenters. The van der Waals surface area contributed by atoms with Crippen LogP contribution in [-0.4, -0.2) is 39.0 Å². The van der Waals surface area contributed by atoms with Gasteiger partial charge in [-0.2, -0.15) is 0 Å². The summed E-state index contributed by atoms with van der Waals surface area (Å²) in [5.41, 5.74) is 2.44. The van der Waals surface area contributed by atoms with E-state index in [-0.39, 0.29) is 18.4 Å². The number of ketones is 1. The normalized spacial score (nSPS) is 18.9. The van der Waals surface area contributed by atoms with Gasteiger partial charge in [0.25, 0.3) is 5.91 Å². The van der Waals surface area contributed by atoms with Crippen LogP contribution in [0.4, 0.5) is 8.78 Å². The summed E-state index contributed by atoms with van der Waals surface area (Å²) in [5, 5.41) is 7.15. The van der Waals surface area contributed by atoms with Gasteiger partial charge >= 0.3 is 0 Å². The van der Waals surface area contributed by atoms with Gasteiger partial charge in [0, 0.05) is 29.8 Å². The van der Waals surface area contributed by atoms with Crippen molar-refractivity contribution < 1.29 is 23.2 Å². The molecule has 1 N–H and O–H groups in total. The molecule has 1 aliphatic heterocycles. The molecule has 9 heteroatoms. The van der Waals surface area contributed by atoms with E-state index in [1.54, 1.807) is 6.92 Å². The lowest BCUT2D eigenvalue weighted by Crippen LogP contribution is -2.45. The number of carbonyl (C=O) groups excluding carboxylic acids is 2. The molecule has 5 rings (SSSR count). The van der Waals surface area contributed by atoms with Crippen molar-refractivity contribution in [3.8, 4) is 11.3 Å². The van der Waals surface area contributed by atoms with Crippen LogP contribution in [0.3, 0.4) is 0 Å². The van der Waals surface area contributed by atoms with Gasteiger partial charge in [-0.15, -0.1) is 0 Å². The number of hydrogen-bond donors (Lipinski definition) is 1. The SMILES string of the molecule is Cc1ccc(C2=NOC(C)(C(=O)NC3CC3)C2)cc1-c1cnc(CC(=O)c2c(F)cccc2F)cn1. The minimum atomic E-state index is -1.05. The van der Waals surface area contributed by atoms with Crippen LogP contribution in [0, 0.1) is 18.6 Å². The van der Waals surface area contributed by atoms with Crippen LogP contribution in [0.1, 0.15) is 53.4 Å². The number of aromatic nitrogens is 2. The Bertz CT molecular complexity index is 1370. The molecular weight excluding hydrogens is 466 g/mol. The van der Waals surface area contributed by atoms with E-state index < -0.39 is 28.6 Å². The van der Waals surface area contributed by atoms with Crippen molar-refractivity contribution in [2.45, 2.75) is 51.2 Å². The topological polar surface area (TPSA) is 93.5 Å². The van der Waals surface area contributed by atoms with Crippen molar-refractivity contribution in [1.29, 1.82) is 0 Å². The van der Waals surface area contributed by atoms with Crippen molar-refractivity contribution in [1.82, 2.24) is 15.3 Å². The first-order chi connectivity index (χ1) is 17.2. The fraction of sp³-hybridized carbons (Fsp3) is 0.296. The molecule has 2 aromatic carbocycles. The number of benzene rings is 2. The lowest BCUT2D eigenvalue weighted by atomic mass is 9.93. The molecule has 0 radical (unpaired) electrons. The van der Waals surface area contributed by atoms with E-state index in [1.807, 2.05) is 25.1 Å². The predicted molar refractivity (Wildman–Crippen MR) is 128 cm³/mol. The maximum absolute atomic E-state index is 13.9. The summed E-state index contributed by atoms with van der Waals surface area (Å²) < 4.78 is 27.8. The average Bonchev–Trinajstić information content (AvgIpc) is 3.57. The van der Waals surface area contributed by atoms with E-state index in [4.69, 9.17) is 4.84 Å². The van der Waals surface area contributed by atoms with Gasteiger partial charge in [-0.25, -0.2) is 8.78 Å². The maximum Gasteiger partial charge on any atom is 0.267 e. The average molecular weight is 491 g/mol. The molecule has 184 valence electrons. The van der Waals surface area contributed by atoms with Crippen LogP contribution >= 0.6 is 0 Å². The van der Waals surface area contributed by atoms with Gasteiger partial charge < -0.3 is 10.2 Å². The Morgan fingerprint density at radius 3 is 2.53 bits per heavy atom. The molecule has 2 aliphatic rings. The highest BCUT2D eigenvalue weighted by Crippen LogP contribution is 2.31. The lowest BCUT2D eigenvalue weighted by molar-refractivity contribution is -0.141. The smallest absolute Gasteiger partial charge is 0.267 e. The molecule has 2 heterocycles. The van der Waals surface area contributed by atoms with Crippen LogP contribution in [-0.2, 0) is 16.1 Å². The summed E-state index contributed by atoms with van der Waals surface area (Å²) in [4.78, 5) is 39.3. The molecule has 0 spiro atoms. The molecule has 1 aromatic heterocycles. The molecule has 1 amide bonds. The van der Waals surface area contributed by atoms with Gasteiger partial charge in [-0.05, 0) is 50.5 Å². The molecule has 3 aromatic rings. The van der Waals surface area contributed by atoms with Gasteiger partial charge in [0.2, 0.25) is 5.60 Å². The summed E-state index contributed by atoms with van der Waals surface area (Å²) >= 11 is 0. The largest absolute Gasteiger partial charge is 0.379 e. The Kier molecular flexibility index (Phi) is 6.07. The van der Waals surface area contributed by atoms with Crippen LogP contribution in [0.25, 0.3) is 11.3 Å². The Morgan fingerprint density at radius 2 is 1.86 bits per heavy atom. The number of Topliss-reactive ketones (excluding diaryl/α,β-unsaturated/α-hetero) is 1. The highest BCUT2D eigenvalue weighted by molar-refractivity contribution is 6.06. The number of amides is 1. The van der Waals surface area contributed by atoms with Crippen LogP contribution in [0.2, 0.25) is 0 Å². The third-order valence-corrected chi connectivity index (χ3v) is 6.39. The number of carbonyl (C=O) groups is 2. The third kappa shape index (κ3) is 4.73. The number of halogens is 2. The van der Waals surface area contributed by atoms with Crippen molar-refractivity contribution in [3.05, 3.63) is 82.8 Å². The maximum atomic E-state index is 13.9. The minimum absolute atomic E-state index is 0.164. The van der Waals surface area contributed by atoms with Gasteiger partial charge in [-0.3, -0.25) is 19.6 Å². The Balaban J connectivity index is 1.32. The van der Waals surface area contributed by atoms with Gasteiger partial charge in [0.1, 0.15) is 11.6 Å². The van der Waals surface area contributed by atoms with E-state index in [0.717, 1.165) is 41.7 Å². The second kappa shape index (κ2) is 9.22. The van der Waals surface area contributed by atoms with Crippen molar-refractivity contribution in [2.75, 3.05) is 0 Å². The molecule has 0 bridgehead atoms. The fourth-order valence-corrected chi connectivity index (χ4v) is 4.06. The molecule has 1 atom stereocenters. The second-order valence-corrected chi connectivity index (χ2v) is 9.40. The van der Waals surface area contributed by atoms with Gasteiger partial charge in [0.05, 0.1) is 35.3 Å². The van der Waals surface area contributed by atoms with E-state index in [9.17, 15) is 18.4 Å². The van der Waals surface area contributed by atoms with Gasteiger partial charge in [0.15, 0.2) is 5.78 Å². The molecule has 0 saturated heterocycles. The highest BCUT2D eigenvalue weighted by Gasteiger charge is 2.44. The summed E-state index contributed by atoms with van der Waals surface area (Å²) in [6.07, 6.45) is 4.99. The summed E-state index contributed by atoms with van der Waals surface area (Å²) in [6.45, 7) is 3.66. The van der Waals surface area contributed by atoms with Gasteiger partial charge in [-0.1, -0.05) is 23.4 Å². The zero-order valence-corrected chi connectivity index (χ0v) is 19.8. The van der Waals surface area contributed by atoms with E-state index in [2.05, 4.69) is 20.4 Å². The van der Waals surface area contributed by atoms with Crippen molar-refractivity contribution in [2.24, 2.45) is 5.16 Å². The number of rotatable bonds is 7. The Labute approximate surface area is 206 Å². The standard InChI is InChI=1S/C27H24F2N4O3/c1-15-6-7-16(22-12-27(2,36-33-22)26(35)32-17-8-9-17)10-19(15)23-14-30-18(13-31-23)11-24(34)25-20(28)4-3-5-21(25)29/h3-7,10,13-14,17H,8-9,11-12H2,1-2H3,(H,32,35). The number of nitrogens with one attached hydrogen (secondary N) is 1. The van der Waals surface area contributed by atoms with E-state index in [0.29, 0.717) is 23.5 Å². The first-order valence-electron chi connectivity index (χ1n) is 11.7. The van der Waals surface area contributed by atoms with Crippen molar-refractivity contribution >= 4 is 17.4 Å². The quantitative estimate of drug-likeness (QED) is 0.498. The zero-order chi connectivity index (χ0) is 25.4. The van der Waals surface area contributed by atoms with E-state index in [1.165, 1.54) is 18.5 Å². The molecule has 7 nitrogen and oxygen atoms in total. The number of hydrogen-bond acceptors (Lipinski definition) is 6. The summed E-state index contributed by atoms with van der Waals surface area (Å²) in [6, 6.07) is 9.27. The highest BCUT2D eigenvalue weighted by atomic mass is 19.1. The molecular formula is C27H24F2N4O3. The molecule has 1 saturated carbocycles. The predicted octanol–water partition coefficient (Wildman–Crippen LogP) is 4.32. The second-order valence-electron chi connectivity index (χ2n) is 9.40. The third-order valence-electron chi connectivity index (χ3n) is 6.39. The number of aryl methyl sites for hydroxylation is 1. The first-order valence-corrected chi connectivity index (χ1v) is 11.7. The Morgan fingerprint density at radius 1 is 1.11 bits per heavy atom. The molecule has 1 aliphatic carbocycles. The molecule has 1 fully saturated rings. The minimum Gasteiger partial charge on any atom is -0.379 e. The van der Waals surface area contributed by atoms with Crippen LogP contribution in [0.15, 0.2) is 53.9 Å². The molecule has 36 heavy (non-hydrogen) atoms. The number of oxime groups is 1. The monoisotopic (exact) mass is 490 g/mol. The van der Waals surface area contributed by atoms with Crippen LogP contribution < -0.4 is 5.32 Å². The number of nitrogens with zero attached hydrogens (tertiary/aromatic N) is 3. The Hall–Kier alpha value is -4.01. The zero-order valence-electron chi connectivity index (χ0n) is 19.8. The van der Waals surface area contributed by atoms with Crippen LogP contribution in [0.5, 0.6) is 0 Å². The van der Waals surface area contributed by atoms with Crippen molar-refractivity contribution in [3.63, 3.8) is 0 Å². The van der Waals surface area contributed by atoms with E-state index >= 15 is 0 Å². The first kappa shape index (κ1) is 23.7. The lowest BCUT2D eigenvalue weighted by Gasteiger charge is -2.20. The summed E-state index contributed by atoms with van der Waals surface area (Å²) in [7, 11) is 0. The fourth-order valence-electron chi connectivity index (χ4n) is 4.06.